The van der Waals surface area contributed by atoms with Crippen LogP contribution in [0.2, 0.25) is 5.02 Å². The van der Waals surface area contributed by atoms with E-state index in [1.54, 1.807) is 0 Å². The van der Waals surface area contributed by atoms with E-state index in [0.29, 0.717) is 48.2 Å². The third kappa shape index (κ3) is 5.30. The summed E-state index contributed by atoms with van der Waals surface area (Å²) in [6.07, 6.45) is 4.02. The molecule has 9 nitrogen and oxygen atoms in total. The van der Waals surface area contributed by atoms with Gasteiger partial charge in [-0.05, 0) is 67.3 Å². The predicted molar refractivity (Wildman–Crippen MR) is 184 cm³/mol. The number of amides is 1. The largest absolute Gasteiger partial charge is 0.492 e. The molecule has 0 N–H and O–H groups in total. The van der Waals surface area contributed by atoms with Gasteiger partial charge in [-0.25, -0.2) is 11.0 Å². The molecule has 3 aliphatic heterocycles. The first kappa shape index (κ1) is 30.8. The number of likely N-dealkylation sites (tertiary alicyclic amines) is 1. The number of nitrogens with zero attached hydrogens (tertiary/aromatic N) is 6. The first-order chi connectivity index (χ1) is 23.3. The van der Waals surface area contributed by atoms with Crippen molar-refractivity contribution < 1.29 is 18.7 Å². The molecule has 0 radical (unpaired) electrons. The molecule has 1 saturated carbocycles. The summed E-state index contributed by atoms with van der Waals surface area (Å²) >= 11 is 6.82. The molecule has 0 unspecified atom stereocenters. The van der Waals surface area contributed by atoms with Gasteiger partial charge in [0, 0.05) is 47.7 Å². The Balaban J connectivity index is 1.27. The van der Waals surface area contributed by atoms with Crippen LogP contribution >= 0.6 is 11.6 Å². The molecule has 1 aromatic heterocycles. The Kier molecular flexibility index (Phi) is 7.85. The molecule has 3 aromatic carbocycles. The van der Waals surface area contributed by atoms with Crippen LogP contribution in [0.4, 0.5) is 10.2 Å². The lowest BCUT2D eigenvalue weighted by molar-refractivity contribution is -0.131. The van der Waals surface area contributed by atoms with Crippen molar-refractivity contribution in [3.8, 4) is 22.9 Å². The van der Waals surface area contributed by atoms with E-state index in [4.69, 9.17) is 37.6 Å². The van der Waals surface area contributed by atoms with Crippen LogP contribution in [-0.4, -0.2) is 90.2 Å². The maximum atomic E-state index is 14.0. The molecule has 2 saturated heterocycles. The van der Waals surface area contributed by atoms with Crippen molar-refractivity contribution in [2.45, 2.75) is 43.8 Å². The van der Waals surface area contributed by atoms with E-state index in [2.05, 4.69) is 52.5 Å². The minimum Gasteiger partial charge on any atom is -0.492 e. The lowest BCUT2D eigenvalue weighted by atomic mass is 9.89. The quantitative estimate of drug-likeness (QED) is 0.169. The van der Waals surface area contributed by atoms with Crippen molar-refractivity contribution in [3.63, 3.8) is 0 Å². The third-order valence-corrected chi connectivity index (χ3v) is 10.8. The average molecular weight is 667 g/mol. The fourth-order valence-electron chi connectivity index (χ4n) is 8.01. The molecule has 3 fully saturated rings. The van der Waals surface area contributed by atoms with Gasteiger partial charge in [0.15, 0.2) is 5.83 Å². The molecule has 4 heterocycles. The van der Waals surface area contributed by atoms with Gasteiger partial charge >= 0.3 is 6.01 Å². The first-order valence-electron chi connectivity index (χ1n) is 16.6. The Morgan fingerprint density at radius 2 is 1.98 bits per heavy atom. The highest BCUT2D eigenvalue weighted by molar-refractivity contribution is 6.36. The smallest absolute Gasteiger partial charge is 0.319 e. The maximum absolute atomic E-state index is 14.0. The van der Waals surface area contributed by atoms with Gasteiger partial charge in [0.2, 0.25) is 6.54 Å². The van der Waals surface area contributed by atoms with Crippen LogP contribution in [0.5, 0.6) is 11.8 Å². The number of fused-ring (bicyclic) bond motifs is 5. The SMILES string of the molecule is [C-]#[N+]C[C@H]1CN(c2nc(OC[C@@H]3C[C@H]4C[C@H]4N3C)nc3cc(-c4cccc5cccc(Cl)c45)c4c(c23)OCCC4)CCN1C(=O)C(=C)F. The zero-order chi connectivity index (χ0) is 33.1. The van der Waals surface area contributed by atoms with Gasteiger partial charge in [-0.15, -0.1) is 0 Å². The van der Waals surface area contributed by atoms with E-state index in [1.165, 1.54) is 11.3 Å². The number of carbonyl (C=O) groups excluding carboxylic acids is 1. The second-order valence-corrected chi connectivity index (χ2v) is 13.7. The molecule has 4 atom stereocenters. The van der Waals surface area contributed by atoms with E-state index in [0.717, 1.165) is 63.8 Å². The standard InChI is InChI=1S/C37H36ClFN6O3/c1-21(39)36(46)45-13-12-44(19-25(45)18-40-2)35-33-30(41-37(42-35)48-20-24-15-23-16-31(23)43(24)3)17-28(27-10-6-14-47-34(27)33)26-9-4-7-22-8-5-11-29(38)32(22)26/h4-5,7-9,11,17,23-25,31H,1,6,10,12-16,18-20H2,3H3/t23-,24-,25-,31+/m0/s1. The summed E-state index contributed by atoms with van der Waals surface area (Å²) in [6.45, 7) is 12.7. The van der Waals surface area contributed by atoms with Gasteiger partial charge in [0.25, 0.3) is 5.91 Å². The Hall–Kier alpha value is -4.46. The maximum Gasteiger partial charge on any atom is 0.319 e. The summed E-state index contributed by atoms with van der Waals surface area (Å²) in [6, 6.07) is 14.9. The highest BCUT2D eigenvalue weighted by Gasteiger charge is 2.50. The number of anilines is 1. The lowest BCUT2D eigenvalue weighted by Gasteiger charge is -2.40. The molecule has 1 amide bonds. The topological polar surface area (TPSA) is 75.4 Å². The molecular formula is C37H36ClFN6O3. The van der Waals surface area contributed by atoms with Gasteiger partial charge in [0.1, 0.15) is 24.2 Å². The third-order valence-electron chi connectivity index (χ3n) is 10.5. The van der Waals surface area contributed by atoms with Gasteiger partial charge in [-0.2, -0.15) is 9.97 Å². The number of ether oxygens (including phenoxy) is 2. The van der Waals surface area contributed by atoms with Crippen molar-refractivity contribution in [1.82, 2.24) is 19.8 Å². The van der Waals surface area contributed by atoms with Crippen LogP contribution in [0.1, 0.15) is 24.8 Å². The Morgan fingerprint density at radius 3 is 2.75 bits per heavy atom. The van der Waals surface area contributed by atoms with Gasteiger partial charge in [-0.1, -0.05) is 48.5 Å². The van der Waals surface area contributed by atoms with Crippen molar-refractivity contribution in [1.29, 1.82) is 0 Å². The zero-order valence-corrected chi connectivity index (χ0v) is 27.5. The second kappa shape index (κ2) is 12.2. The van der Waals surface area contributed by atoms with Crippen LogP contribution in [0.25, 0.3) is 37.6 Å². The zero-order valence-electron chi connectivity index (χ0n) is 26.8. The molecule has 48 heavy (non-hydrogen) atoms. The predicted octanol–water partition coefficient (Wildman–Crippen LogP) is 6.32. The van der Waals surface area contributed by atoms with Crippen molar-refractivity contribution in [3.05, 3.63) is 76.9 Å². The number of likely N-dealkylation sites (N-methyl/N-ethyl adjacent to an activating group) is 1. The molecule has 0 bridgehead atoms. The number of hydrogen-bond donors (Lipinski definition) is 0. The van der Waals surface area contributed by atoms with Crippen molar-refractivity contribution in [2.75, 3.05) is 51.3 Å². The van der Waals surface area contributed by atoms with Crippen LogP contribution in [-0.2, 0) is 11.2 Å². The number of piperazine rings is 1. The normalized spacial score (nSPS) is 23.4. The number of hydrogen-bond acceptors (Lipinski definition) is 7. The van der Waals surface area contributed by atoms with Gasteiger partial charge < -0.3 is 24.1 Å². The highest BCUT2D eigenvalue weighted by atomic mass is 35.5. The summed E-state index contributed by atoms with van der Waals surface area (Å²) in [5, 5.41) is 3.46. The summed E-state index contributed by atoms with van der Waals surface area (Å²) in [4.78, 5) is 32.2. The van der Waals surface area contributed by atoms with E-state index in [1.807, 2.05) is 18.2 Å². The molecule has 8 rings (SSSR count). The van der Waals surface area contributed by atoms with Crippen LogP contribution in [0, 0.1) is 12.5 Å². The Labute approximate surface area is 283 Å². The number of piperidine rings is 1. The fraction of sp³-hybridized carbons (Fsp3) is 0.405. The fourth-order valence-corrected chi connectivity index (χ4v) is 8.29. The summed E-state index contributed by atoms with van der Waals surface area (Å²) in [5.41, 5.74) is 3.75. The van der Waals surface area contributed by atoms with Gasteiger partial charge in [0.05, 0.1) is 17.5 Å². The summed E-state index contributed by atoms with van der Waals surface area (Å²) in [7, 11) is 2.16. The van der Waals surface area contributed by atoms with E-state index in [-0.39, 0.29) is 25.6 Å². The monoisotopic (exact) mass is 666 g/mol. The van der Waals surface area contributed by atoms with Gasteiger partial charge in [-0.3, -0.25) is 9.69 Å². The molecular weight excluding hydrogens is 631 g/mol. The number of carbonyl (C=O) groups is 1. The number of aromatic nitrogens is 2. The number of halogens is 2. The Bertz CT molecular complexity index is 2010. The number of benzene rings is 3. The molecule has 4 aliphatic rings. The van der Waals surface area contributed by atoms with Crippen LogP contribution < -0.4 is 14.4 Å². The van der Waals surface area contributed by atoms with E-state index >= 15 is 0 Å². The number of rotatable bonds is 7. The molecule has 4 aromatic rings. The highest BCUT2D eigenvalue weighted by Crippen LogP contribution is 2.48. The second-order valence-electron chi connectivity index (χ2n) is 13.3. The van der Waals surface area contributed by atoms with Crippen LogP contribution in [0.3, 0.4) is 0 Å². The first-order valence-corrected chi connectivity index (χ1v) is 17.0. The van der Waals surface area contributed by atoms with Crippen molar-refractivity contribution >= 4 is 45.0 Å². The minimum absolute atomic E-state index is 0.0266. The molecule has 11 heteroatoms. The lowest BCUT2D eigenvalue weighted by Crippen LogP contribution is -2.56. The summed E-state index contributed by atoms with van der Waals surface area (Å²) in [5.74, 6) is 0.290. The molecule has 246 valence electrons. The van der Waals surface area contributed by atoms with Crippen LogP contribution in [0.15, 0.2) is 54.9 Å². The molecule has 1 aliphatic carbocycles. The summed E-state index contributed by atoms with van der Waals surface area (Å²) < 4.78 is 26.9. The van der Waals surface area contributed by atoms with Crippen molar-refractivity contribution in [2.24, 2.45) is 5.92 Å². The van der Waals surface area contributed by atoms with E-state index in [9.17, 15) is 9.18 Å². The minimum atomic E-state index is -1.03. The van der Waals surface area contributed by atoms with E-state index < -0.39 is 17.8 Å². The average Bonchev–Trinajstić information content (AvgIpc) is 3.81. The molecule has 0 spiro atoms. The Morgan fingerprint density at radius 1 is 1.15 bits per heavy atom.